The maximum atomic E-state index is 11.4. The molecule has 3 N–H and O–H groups in total. The van der Waals surface area contributed by atoms with Crippen molar-refractivity contribution in [1.29, 1.82) is 0 Å². The average molecular weight is 267 g/mol. The van der Waals surface area contributed by atoms with E-state index in [9.17, 15) is 4.79 Å². The molecule has 0 saturated carbocycles. The van der Waals surface area contributed by atoms with Crippen LogP contribution < -0.4 is 11.1 Å². The van der Waals surface area contributed by atoms with Gasteiger partial charge in [0.05, 0.1) is 17.8 Å². The van der Waals surface area contributed by atoms with Crippen molar-refractivity contribution >= 4 is 22.7 Å². The normalized spacial score (nSPS) is 10.7. The van der Waals surface area contributed by atoms with Crippen LogP contribution in [0.2, 0.25) is 0 Å². The molecule has 0 fully saturated rings. The largest absolute Gasteiger partial charge is 0.436 e. The van der Waals surface area contributed by atoms with Crippen LogP contribution >= 0.6 is 0 Å². The number of nitrogens with two attached hydrogens (primary N) is 1. The number of aromatic nitrogens is 1. The summed E-state index contributed by atoms with van der Waals surface area (Å²) in [6.45, 7) is -0.0676. The fraction of sp³-hybridized carbons (Fsp3) is 0.0667. The predicted molar refractivity (Wildman–Crippen MR) is 77.1 cm³/mol. The second-order valence-electron chi connectivity index (χ2n) is 4.28. The Labute approximate surface area is 115 Å². The van der Waals surface area contributed by atoms with Crippen molar-refractivity contribution in [2.75, 3.05) is 11.9 Å². The molecule has 0 atom stereocenters. The Hall–Kier alpha value is -2.66. The van der Waals surface area contributed by atoms with E-state index in [1.165, 1.54) is 0 Å². The molecule has 0 bridgehead atoms. The quantitative estimate of drug-likeness (QED) is 0.763. The summed E-state index contributed by atoms with van der Waals surface area (Å²) in [6, 6.07) is 14.8. The lowest BCUT2D eigenvalue weighted by Crippen LogP contribution is -2.22. The number of hydrogen-bond acceptors (Lipinski definition) is 4. The molecule has 3 rings (SSSR count). The lowest BCUT2D eigenvalue weighted by molar-refractivity contribution is -0.114. The first-order chi connectivity index (χ1) is 9.78. The molecule has 0 radical (unpaired) electrons. The second-order valence-corrected chi connectivity index (χ2v) is 4.28. The van der Waals surface area contributed by atoms with Gasteiger partial charge in [-0.1, -0.05) is 24.3 Å². The first-order valence-electron chi connectivity index (χ1n) is 6.23. The second kappa shape index (κ2) is 5.14. The monoisotopic (exact) mass is 267 g/mol. The third-order valence-electron chi connectivity index (χ3n) is 2.91. The van der Waals surface area contributed by atoms with E-state index in [-0.39, 0.29) is 12.5 Å². The van der Waals surface area contributed by atoms with Gasteiger partial charge in [0.1, 0.15) is 5.52 Å². The van der Waals surface area contributed by atoms with Crippen LogP contribution in [0.25, 0.3) is 22.6 Å². The Balaban J connectivity index is 2.07. The van der Waals surface area contributed by atoms with Gasteiger partial charge >= 0.3 is 0 Å². The molecule has 3 aromatic rings. The van der Waals surface area contributed by atoms with E-state index < -0.39 is 0 Å². The summed E-state index contributed by atoms with van der Waals surface area (Å²) in [5, 5.41) is 2.74. The number of para-hydroxylation sites is 3. The van der Waals surface area contributed by atoms with Crippen LogP contribution in [0.3, 0.4) is 0 Å². The SMILES string of the molecule is NCC(=O)Nc1ccccc1-c1nc2ccccc2o1. The van der Waals surface area contributed by atoms with Crippen molar-refractivity contribution in [2.45, 2.75) is 0 Å². The zero-order valence-corrected chi connectivity index (χ0v) is 10.7. The smallest absolute Gasteiger partial charge is 0.238 e. The lowest BCUT2D eigenvalue weighted by Gasteiger charge is -2.07. The van der Waals surface area contributed by atoms with Crippen LogP contribution in [-0.2, 0) is 4.79 Å². The minimum absolute atomic E-state index is 0.0676. The van der Waals surface area contributed by atoms with E-state index >= 15 is 0 Å². The number of amides is 1. The molecule has 0 aliphatic rings. The highest BCUT2D eigenvalue weighted by atomic mass is 16.3. The molecule has 5 nitrogen and oxygen atoms in total. The molecule has 0 aliphatic heterocycles. The molecule has 100 valence electrons. The Kier molecular flexibility index (Phi) is 3.18. The van der Waals surface area contributed by atoms with Crippen molar-refractivity contribution in [3.05, 3.63) is 48.5 Å². The summed E-state index contributed by atoms with van der Waals surface area (Å²) in [6.07, 6.45) is 0. The molecule has 2 aromatic carbocycles. The summed E-state index contributed by atoms with van der Waals surface area (Å²) < 4.78 is 5.72. The third kappa shape index (κ3) is 2.26. The van der Waals surface area contributed by atoms with E-state index in [0.717, 1.165) is 11.1 Å². The van der Waals surface area contributed by atoms with Gasteiger partial charge < -0.3 is 15.5 Å². The van der Waals surface area contributed by atoms with E-state index in [1.54, 1.807) is 6.07 Å². The van der Waals surface area contributed by atoms with E-state index in [1.807, 2.05) is 42.5 Å². The van der Waals surface area contributed by atoms with Crippen molar-refractivity contribution in [3.8, 4) is 11.5 Å². The van der Waals surface area contributed by atoms with Crippen LogP contribution in [0, 0.1) is 0 Å². The number of fused-ring (bicyclic) bond motifs is 1. The third-order valence-corrected chi connectivity index (χ3v) is 2.91. The Morgan fingerprint density at radius 3 is 2.70 bits per heavy atom. The standard InChI is InChI=1S/C15H13N3O2/c16-9-14(19)17-11-6-2-1-5-10(11)15-18-12-7-3-4-8-13(12)20-15/h1-8H,9,16H2,(H,17,19). The maximum Gasteiger partial charge on any atom is 0.238 e. The van der Waals surface area contributed by atoms with Gasteiger partial charge in [0.2, 0.25) is 11.8 Å². The van der Waals surface area contributed by atoms with Gasteiger partial charge in [-0.15, -0.1) is 0 Å². The summed E-state index contributed by atoms with van der Waals surface area (Å²) in [5.41, 5.74) is 8.17. The Bertz CT molecular complexity index is 731. The zero-order chi connectivity index (χ0) is 13.9. The molecule has 1 heterocycles. The van der Waals surface area contributed by atoms with E-state index in [2.05, 4.69) is 10.3 Å². The lowest BCUT2D eigenvalue weighted by atomic mass is 10.1. The number of oxazole rings is 1. The van der Waals surface area contributed by atoms with Gasteiger partial charge in [0.15, 0.2) is 5.58 Å². The fourth-order valence-electron chi connectivity index (χ4n) is 1.97. The number of nitrogens with zero attached hydrogens (tertiary/aromatic N) is 1. The number of nitrogens with one attached hydrogen (secondary N) is 1. The van der Waals surface area contributed by atoms with Gasteiger partial charge in [0.25, 0.3) is 0 Å². The number of rotatable bonds is 3. The van der Waals surface area contributed by atoms with Gasteiger partial charge in [-0.2, -0.15) is 0 Å². The summed E-state index contributed by atoms with van der Waals surface area (Å²) >= 11 is 0. The first-order valence-corrected chi connectivity index (χ1v) is 6.23. The van der Waals surface area contributed by atoms with Crippen LogP contribution in [0.4, 0.5) is 5.69 Å². The molecule has 0 unspecified atom stereocenters. The average Bonchev–Trinajstić information content (AvgIpc) is 2.91. The number of anilines is 1. The minimum Gasteiger partial charge on any atom is -0.436 e. The molecule has 1 aromatic heterocycles. The van der Waals surface area contributed by atoms with Crippen LogP contribution in [-0.4, -0.2) is 17.4 Å². The maximum absolute atomic E-state index is 11.4. The van der Waals surface area contributed by atoms with Crippen molar-refractivity contribution in [2.24, 2.45) is 5.73 Å². The Morgan fingerprint density at radius 1 is 1.15 bits per heavy atom. The summed E-state index contributed by atoms with van der Waals surface area (Å²) in [4.78, 5) is 15.9. The molecule has 0 aliphatic carbocycles. The topological polar surface area (TPSA) is 81.2 Å². The summed E-state index contributed by atoms with van der Waals surface area (Å²) in [5.74, 6) is 0.215. The number of hydrogen-bond donors (Lipinski definition) is 2. The summed E-state index contributed by atoms with van der Waals surface area (Å²) in [7, 11) is 0. The molecule has 1 amide bonds. The highest BCUT2D eigenvalue weighted by molar-refractivity contribution is 5.96. The van der Waals surface area contributed by atoms with Crippen molar-refractivity contribution in [1.82, 2.24) is 4.98 Å². The van der Waals surface area contributed by atoms with E-state index in [0.29, 0.717) is 17.2 Å². The highest BCUT2D eigenvalue weighted by Gasteiger charge is 2.12. The molecular weight excluding hydrogens is 254 g/mol. The highest BCUT2D eigenvalue weighted by Crippen LogP contribution is 2.29. The predicted octanol–water partition coefficient (Wildman–Crippen LogP) is 2.39. The zero-order valence-electron chi connectivity index (χ0n) is 10.7. The fourth-order valence-corrected chi connectivity index (χ4v) is 1.97. The molecule has 5 heteroatoms. The first kappa shape index (κ1) is 12.4. The van der Waals surface area contributed by atoms with E-state index in [4.69, 9.17) is 10.2 Å². The number of benzene rings is 2. The molecule has 0 saturated heterocycles. The minimum atomic E-state index is -0.256. The molecule has 20 heavy (non-hydrogen) atoms. The van der Waals surface area contributed by atoms with Crippen LogP contribution in [0.1, 0.15) is 0 Å². The van der Waals surface area contributed by atoms with Crippen molar-refractivity contribution in [3.63, 3.8) is 0 Å². The van der Waals surface area contributed by atoms with Crippen LogP contribution in [0.15, 0.2) is 52.9 Å². The van der Waals surface area contributed by atoms with Gasteiger partial charge in [0, 0.05) is 0 Å². The number of carbonyl (C=O) groups is 1. The molecule has 0 spiro atoms. The Morgan fingerprint density at radius 2 is 1.90 bits per heavy atom. The van der Waals surface area contributed by atoms with Crippen molar-refractivity contribution < 1.29 is 9.21 Å². The van der Waals surface area contributed by atoms with Gasteiger partial charge in [-0.25, -0.2) is 4.98 Å². The van der Waals surface area contributed by atoms with Crippen LogP contribution in [0.5, 0.6) is 0 Å². The van der Waals surface area contributed by atoms with Gasteiger partial charge in [-0.3, -0.25) is 4.79 Å². The molecular formula is C15H13N3O2. The number of carbonyl (C=O) groups excluding carboxylic acids is 1. The van der Waals surface area contributed by atoms with Gasteiger partial charge in [-0.05, 0) is 24.3 Å².